The maximum absolute atomic E-state index is 6.38. The lowest BCUT2D eigenvalue weighted by atomic mass is 9.92. The molecule has 0 saturated heterocycles. The average molecular weight is 264 g/mol. The van der Waals surface area contributed by atoms with E-state index in [1.54, 1.807) is 11.3 Å². The van der Waals surface area contributed by atoms with Crippen molar-refractivity contribution < 1.29 is 0 Å². The maximum Gasteiger partial charge on any atom is 0.0944 e. The van der Waals surface area contributed by atoms with E-state index in [0.717, 1.165) is 24.2 Å². The van der Waals surface area contributed by atoms with Crippen LogP contribution in [-0.2, 0) is 11.8 Å². The minimum atomic E-state index is 0.161. The fraction of sp³-hybridized carbons (Fsp3) is 0.800. The molecule has 3 atom stereocenters. The zero-order valence-corrected chi connectivity index (χ0v) is 12.5. The number of fused-ring (bicyclic) bond motifs is 1. The lowest BCUT2D eigenvalue weighted by molar-refractivity contribution is 0.391. The minimum absolute atomic E-state index is 0.161. The summed E-state index contributed by atoms with van der Waals surface area (Å²) >= 11 is 1.78. The van der Waals surface area contributed by atoms with Crippen LogP contribution in [0.15, 0.2) is 5.38 Å². The summed E-state index contributed by atoms with van der Waals surface area (Å²) in [7, 11) is 0. The van der Waals surface area contributed by atoms with Crippen LogP contribution in [-0.4, -0.2) is 11.0 Å². The van der Waals surface area contributed by atoms with Gasteiger partial charge in [0.25, 0.3) is 0 Å². The number of rotatable bonds is 3. The first kappa shape index (κ1) is 12.6. The number of hydrogen-bond donors (Lipinski definition) is 1. The number of nitrogens with two attached hydrogens (primary N) is 1. The first-order valence-electron chi connectivity index (χ1n) is 7.14. The fourth-order valence-electron chi connectivity index (χ4n) is 3.23. The van der Waals surface area contributed by atoms with Crippen molar-refractivity contribution in [1.29, 1.82) is 0 Å². The summed E-state index contributed by atoms with van der Waals surface area (Å²) in [6, 6.07) is 0.330. The quantitative estimate of drug-likeness (QED) is 0.909. The zero-order valence-electron chi connectivity index (χ0n) is 11.6. The number of hydrogen-bond acceptors (Lipinski definition) is 3. The summed E-state index contributed by atoms with van der Waals surface area (Å²) in [6.07, 6.45) is 5.21. The highest BCUT2D eigenvalue weighted by molar-refractivity contribution is 7.09. The first-order valence-corrected chi connectivity index (χ1v) is 8.02. The van der Waals surface area contributed by atoms with E-state index in [1.807, 2.05) is 0 Å². The van der Waals surface area contributed by atoms with E-state index in [9.17, 15) is 0 Å². The molecular weight excluding hydrogens is 240 g/mol. The van der Waals surface area contributed by atoms with Crippen LogP contribution in [0.1, 0.15) is 50.7 Å². The lowest BCUT2D eigenvalue weighted by Gasteiger charge is -2.19. The Morgan fingerprint density at radius 3 is 2.56 bits per heavy atom. The van der Waals surface area contributed by atoms with E-state index in [4.69, 9.17) is 10.7 Å². The number of thiazole rings is 1. The molecule has 18 heavy (non-hydrogen) atoms. The van der Waals surface area contributed by atoms with Gasteiger partial charge < -0.3 is 5.73 Å². The molecule has 100 valence electrons. The van der Waals surface area contributed by atoms with Crippen LogP contribution in [0.4, 0.5) is 0 Å². The SMILES string of the molecule is CC(C)(C)c1csc(CC(N)C2CC3CC3C2)n1. The van der Waals surface area contributed by atoms with Crippen LogP contribution in [0.5, 0.6) is 0 Å². The van der Waals surface area contributed by atoms with Crippen molar-refractivity contribution in [2.45, 2.75) is 57.9 Å². The van der Waals surface area contributed by atoms with Gasteiger partial charge in [-0.1, -0.05) is 20.8 Å². The predicted molar refractivity (Wildman–Crippen MR) is 76.8 cm³/mol. The van der Waals surface area contributed by atoms with Gasteiger partial charge >= 0.3 is 0 Å². The third kappa shape index (κ3) is 2.48. The van der Waals surface area contributed by atoms with Gasteiger partial charge in [0.1, 0.15) is 0 Å². The molecule has 0 radical (unpaired) electrons. The predicted octanol–water partition coefficient (Wildman–Crippen LogP) is 3.36. The van der Waals surface area contributed by atoms with Gasteiger partial charge in [-0.05, 0) is 37.0 Å². The van der Waals surface area contributed by atoms with Crippen LogP contribution >= 0.6 is 11.3 Å². The molecule has 2 fully saturated rings. The minimum Gasteiger partial charge on any atom is -0.327 e. The monoisotopic (exact) mass is 264 g/mol. The van der Waals surface area contributed by atoms with Crippen molar-refractivity contribution in [3.8, 4) is 0 Å². The Bertz CT molecular complexity index is 422. The van der Waals surface area contributed by atoms with Gasteiger partial charge in [0.05, 0.1) is 10.7 Å². The van der Waals surface area contributed by atoms with Crippen molar-refractivity contribution in [3.05, 3.63) is 16.1 Å². The highest BCUT2D eigenvalue weighted by Crippen LogP contribution is 2.55. The van der Waals surface area contributed by atoms with Crippen molar-refractivity contribution in [2.75, 3.05) is 0 Å². The second kappa shape index (κ2) is 4.31. The normalized spacial score (nSPS) is 32.3. The van der Waals surface area contributed by atoms with Crippen LogP contribution in [0.3, 0.4) is 0 Å². The molecule has 3 unspecified atom stereocenters. The van der Waals surface area contributed by atoms with Crippen molar-refractivity contribution in [3.63, 3.8) is 0 Å². The average Bonchev–Trinajstić information content (AvgIpc) is 2.75. The molecule has 2 N–H and O–H groups in total. The largest absolute Gasteiger partial charge is 0.327 e. The smallest absolute Gasteiger partial charge is 0.0944 e. The highest BCUT2D eigenvalue weighted by atomic mass is 32.1. The zero-order chi connectivity index (χ0) is 12.9. The molecule has 0 amide bonds. The van der Waals surface area contributed by atoms with E-state index in [1.165, 1.54) is 30.0 Å². The molecule has 2 nitrogen and oxygen atoms in total. The summed E-state index contributed by atoms with van der Waals surface area (Å²) in [5, 5.41) is 3.43. The topological polar surface area (TPSA) is 38.9 Å². The number of aromatic nitrogens is 1. The van der Waals surface area contributed by atoms with Gasteiger partial charge in [-0.15, -0.1) is 11.3 Å². The number of nitrogens with zero attached hydrogens (tertiary/aromatic N) is 1. The van der Waals surface area contributed by atoms with Crippen LogP contribution < -0.4 is 5.73 Å². The lowest BCUT2D eigenvalue weighted by Crippen LogP contribution is -2.31. The van der Waals surface area contributed by atoms with E-state index in [-0.39, 0.29) is 5.41 Å². The molecule has 1 aromatic heterocycles. The van der Waals surface area contributed by atoms with Gasteiger partial charge in [0, 0.05) is 23.3 Å². The highest BCUT2D eigenvalue weighted by Gasteiger charge is 2.47. The molecule has 2 saturated carbocycles. The van der Waals surface area contributed by atoms with E-state index >= 15 is 0 Å². The molecule has 1 heterocycles. The van der Waals surface area contributed by atoms with E-state index in [0.29, 0.717) is 6.04 Å². The van der Waals surface area contributed by atoms with Gasteiger partial charge in [0.2, 0.25) is 0 Å². The molecule has 2 aliphatic carbocycles. The van der Waals surface area contributed by atoms with E-state index < -0.39 is 0 Å². The summed E-state index contributed by atoms with van der Waals surface area (Å²) in [4.78, 5) is 4.76. The Labute approximate surface area is 114 Å². The molecule has 0 bridgehead atoms. The fourth-order valence-corrected chi connectivity index (χ4v) is 4.32. The molecule has 0 spiro atoms. The molecule has 0 aliphatic heterocycles. The molecule has 3 heteroatoms. The Morgan fingerprint density at radius 1 is 1.33 bits per heavy atom. The van der Waals surface area contributed by atoms with Crippen LogP contribution in [0, 0.1) is 17.8 Å². The summed E-state index contributed by atoms with van der Waals surface area (Å²) in [6.45, 7) is 6.66. The molecule has 0 aromatic carbocycles. The Morgan fingerprint density at radius 2 is 2.00 bits per heavy atom. The molecule has 2 aliphatic rings. The Balaban J connectivity index is 1.60. The van der Waals surface area contributed by atoms with Crippen molar-refractivity contribution in [1.82, 2.24) is 4.98 Å². The van der Waals surface area contributed by atoms with E-state index in [2.05, 4.69) is 26.2 Å². The summed E-state index contributed by atoms with van der Waals surface area (Å²) in [5.74, 6) is 2.82. The Hall–Kier alpha value is -0.410. The molecule has 3 rings (SSSR count). The first-order chi connectivity index (χ1) is 8.43. The van der Waals surface area contributed by atoms with Crippen molar-refractivity contribution in [2.24, 2.45) is 23.5 Å². The summed E-state index contributed by atoms with van der Waals surface area (Å²) in [5.41, 5.74) is 7.75. The van der Waals surface area contributed by atoms with Gasteiger partial charge in [-0.25, -0.2) is 4.98 Å². The Kier molecular flexibility index (Phi) is 3.02. The van der Waals surface area contributed by atoms with Gasteiger partial charge in [-0.2, -0.15) is 0 Å². The maximum atomic E-state index is 6.38. The van der Waals surface area contributed by atoms with Gasteiger partial charge in [0.15, 0.2) is 0 Å². The van der Waals surface area contributed by atoms with Crippen LogP contribution in [0.2, 0.25) is 0 Å². The second-order valence-corrected chi connectivity index (χ2v) is 8.17. The van der Waals surface area contributed by atoms with Crippen molar-refractivity contribution >= 4 is 11.3 Å². The molecule has 1 aromatic rings. The second-order valence-electron chi connectivity index (χ2n) is 7.23. The third-order valence-electron chi connectivity index (χ3n) is 4.62. The van der Waals surface area contributed by atoms with Crippen LogP contribution in [0.25, 0.3) is 0 Å². The van der Waals surface area contributed by atoms with Gasteiger partial charge in [-0.3, -0.25) is 0 Å². The third-order valence-corrected chi connectivity index (χ3v) is 5.49. The summed E-state index contributed by atoms with van der Waals surface area (Å²) < 4.78 is 0. The standard InChI is InChI=1S/C15H24N2S/c1-15(2,3)13-8-18-14(17-13)7-12(16)11-5-9-4-10(9)6-11/h8-12H,4-7,16H2,1-3H3. The molecular formula is C15H24N2S.